The molecule has 0 aliphatic carbocycles. The lowest BCUT2D eigenvalue weighted by atomic mass is 10.1. The van der Waals surface area contributed by atoms with Crippen LogP contribution in [0.15, 0.2) is 36.0 Å². The van der Waals surface area contributed by atoms with Crippen molar-refractivity contribution in [1.82, 2.24) is 9.88 Å². The number of nitrogens with two attached hydrogens (primary N) is 1. The summed E-state index contributed by atoms with van der Waals surface area (Å²) in [7, 11) is 0. The first-order valence-electron chi connectivity index (χ1n) is 6.76. The van der Waals surface area contributed by atoms with Crippen LogP contribution in [-0.4, -0.2) is 16.5 Å². The SMILES string of the molecule is CC(C)n1cc(/C=C(/C#N)C(=O)NC(N)=O)c2ccccc21. The highest BCUT2D eigenvalue weighted by Gasteiger charge is 2.14. The molecule has 2 rings (SSSR count). The second-order valence-electron chi connectivity index (χ2n) is 5.09. The topological polar surface area (TPSA) is 101 Å². The molecule has 112 valence electrons. The fourth-order valence-corrected chi connectivity index (χ4v) is 2.26. The molecule has 0 spiro atoms. The van der Waals surface area contributed by atoms with Crippen LogP contribution in [0, 0.1) is 11.3 Å². The molecule has 6 heteroatoms. The Morgan fingerprint density at radius 3 is 2.64 bits per heavy atom. The van der Waals surface area contributed by atoms with Crippen molar-refractivity contribution in [3.05, 3.63) is 41.6 Å². The Balaban J connectivity index is 2.55. The molecule has 22 heavy (non-hydrogen) atoms. The highest BCUT2D eigenvalue weighted by molar-refractivity contribution is 6.09. The Kier molecular flexibility index (Phi) is 4.28. The molecular formula is C16H16N4O2. The van der Waals surface area contributed by atoms with Gasteiger partial charge in [0.05, 0.1) is 0 Å². The van der Waals surface area contributed by atoms with E-state index in [1.165, 1.54) is 6.08 Å². The van der Waals surface area contributed by atoms with E-state index in [2.05, 4.69) is 4.57 Å². The number of imide groups is 1. The normalized spacial score (nSPS) is 11.5. The van der Waals surface area contributed by atoms with E-state index in [4.69, 9.17) is 11.0 Å². The van der Waals surface area contributed by atoms with E-state index in [-0.39, 0.29) is 11.6 Å². The van der Waals surface area contributed by atoms with Gasteiger partial charge in [-0.05, 0) is 26.0 Å². The Morgan fingerprint density at radius 2 is 2.05 bits per heavy atom. The number of carbonyl (C=O) groups excluding carboxylic acids is 2. The lowest BCUT2D eigenvalue weighted by Gasteiger charge is -2.08. The van der Waals surface area contributed by atoms with Crippen LogP contribution >= 0.6 is 0 Å². The molecule has 0 fully saturated rings. The number of para-hydroxylation sites is 1. The van der Waals surface area contributed by atoms with Gasteiger partial charge in [0, 0.05) is 28.7 Å². The molecule has 0 saturated heterocycles. The summed E-state index contributed by atoms with van der Waals surface area (Å²) in [5, 5.41) is 11.9. The van der Waals surface area contributed by atoms with Crippen LogP contribution in [0.3, 0.4) is 0 Å². The van der Waals surface area contributed by atoms with Crippen molar-refractivity contribution in [1.29, 1.82) is 5.26 Å². The first-order valence-corrected chi connectivity index (χ1v) is 6.76. The molecule has 0 saturated carbocycles. The number of nitrogens with one attached hydrogen (secondary N) is 1. The average molecular weight is 296 g/mol. The second kappa shape index (κ2) is 6.14. The van der Waals surface area contributed by atoms with E-state index in [1.54, 1.807) is 6.07 Å². The third-order valence-corrected chi connectivity index (χ3v) is 3.23. The van der Waals surface area contributed by atoms with Crippen LogP contribution in [0.2, 0.25) is 0 Å². The molecule has 0 aliphatic heterocycles. The van der Waals surface area contributed by atoms with Crippen molar-refractivity contribution in [2.24, 2.45) is 5.73 Å². The lowest BCUT2D eigenvalue weighted by molar-refractivity contribution is -0.115. The molecular weight excluding hydrogens is 280 g/mol. The maximum atomic E-state index is 11.8. The summed E-state index contributed by atoms with van der Waals surface area (Å²) in [5.41, 5.74) is 6.47. The maximum absolute atomic E-state index is 11.8. The molecule has 3 amide bonds. The van der Waals surface area contributed by atoms with E-state index in [9.17, 15) is 9.59 Å². The minimum absolute atomic E-state index is 0.176. The van der Waals surface area contributed by atoms with Crippen LogP contribution < -0.4 is 11.1 Å². The lowest BCUT2D eigenvalue weighted by Crippen LogP contribution is -2.35. The number of rotatable bonds is 3. The molecule has 0 bridgehead atoms. The number of nitrogens with zero attached hydrogens (tertiary/aromatic N) is 2. The number of hydrogen-bond acceptors (Lipinski definition) is 3. The predicted octanol–water partition coefficient (Wildman–Crippen LogP) is 2.32. The van der Waals surface area contributed by atoms with Gasteiger partial charge in [-0.1, -0.05) is 18.2 Å². The Bertz CT molecular complexity index is 809. The summed E-state index contributed by atoms with van der Waals surface area (Å²) in [6.07, 6.45) is 3.34. The monoisotopic (exact) mass is 296 g/mol. The van der Waals surface area contributed by atoms with Gasteiger partial charge in [-0.15, -0.1) is 0 Å². The van der Waals surface area contributed by atoms with Gasteiger partial charge >= 0.3 is 6.03 Å². The maximum Gasteiger partial charge on any atom is 0.319 e. The van der Waals surface area contributed by atoms with Crippen molar-refractivity contribution >= 4 is 28.9 Å². The van der Waals surface area contributed by atoms with Crippen molar-refractivity contribution in [2.75, 3.05) is 0 Å². The van der Waals surface area contributed by atoms with Crippen LogP contribution in [0.1, 0.15) is 25.5 Å². The number of carbonyl (C=O) groups is 2. The first-order chi connectivity index (χ1) is 10.4. The highest BCUT2D eigenvalue weighted by atomic mass is 16.2. The van der Waals surface area contributed by atoms with Crippen molar-refractivity contribution in [2.45, 2.75) is 19.9 Å². The summed E-state index contributed by atoms with van der Waals surface area (Å²) >= 11 is 0. The number of amides is 3. The number of nitriles is 1. The van der Waals surface area contributed by atoms with Gasteiger partial charge in [0.15, 0.2) is 0 Å². The van der Waals surface area contributed by atoms with Crippen LogP contribution in [-0.2, 0) is 4.79 Å². The Morgan fingerprint density at radius 1 is 1.36 bits per heavy atom. The van der Waals surface area contributed by atoms with E-state index >= 15 is 0 Å². The van der Waals surface area contributed by atoms with Gasteiger partial charge < -0.3 is 10.3 Å². The number of hydrogen-bond donors (Lipinski definition) is 2. The molecule has 1 aromatic heterocycles. The molecule has 0 unspecified atom stereocenters. The number of aromatic nitrogens is 1. The van der Waals surface area contributed by atoms with Gasteiger partial charge in [0.2, 0.25) is 0 Å². The third kappa shape index (κ3) is 2.99. The van der Waals surface area contributed by atoms with Gasteiger partial charge in [-0.3, -0.25) is 10.1 Å². The number of urea groups is 1. The molecule has 3 N–H and O–H groups in total. The number of fused-ring (bicyclic) bond motifs is 1. The first kappa shape index (κ1) is 15.3. The van der Waals surface area contributed by atoms with Crippen LogP contribution in [0.4, 0.5) is 4.79 Å². The van der Waals surface area contributed by atoms with Crippen molar-refractivity contribution in [3.8, 4) is 6.07 Å². The zero-order valence-corrected chi connectivity index (χ0v) is 12.3. The standard InChI is InChI=1S/C16H16N4O2/c1-10(2)20-9-12(13-5-3-4-6-14(13)20)7-11(8-17)15(21)19-16(18)22/h3-7,9-10H,1-2H3,(H3,18,19,21,22)/b11-7-. The summed E-state index contributed by atoms with van der Waals surface area (Å²) < 4.78 is 2.06. The summed E-state index contributed by atoms with van der Waals surface area (Å²) in [6, 6.07) is 8.75. The number of primary amides is 1. The molecule has 0 atom stereocenters. The highest BCUT2D eigenvalue weighted by Crippen LogP contribution is 2.26. The molecule has 0 aliphatic rings. The van der Waals surface area contributed by atoms with E-state index in [0.29, 0.717) is 0 Å². The minimum Gasteiger partial charge on any atom is -0.351 e. The van der Waals surface area contributed by atoms with E-state index in [0.717, 1.165) is 16.5 Å². The zero-order chi connectivity index (χ0) is 16.3. The third-order valence-electron chi connectivity index (χ3n) is 3.23. The smallest absolute Gasteiger partial charge is 0.319 e. The number of benzene rings is 1. The van der Waals surface area contributed by atoms with E-state index < -0.39 is 11.9 Å². The largest absolute Gasteiger partial charge is 0.351 e. The molecule has 1 aromatic carbocycles. The van der Waals surface area contributed by atoms with Gasteiger partial charge in [0.1, 0.15) is 11.6 Å². The molecule has 0 radical (unpaired) electrons. The summed E-state index contributed by atoms with van der Waals surface area (Å²) in [6.45, 7) is 4.09. The molecule has 2 aromatic rings. The zero-order valence-electron chi connectivity index (χ0n) is 12.3. The van der Waals surface area contributed by atoms with Crippen LogP contribution in [0.25, 0.3) is 17.0 Å². The summed E-state index contributed by atoms with van der Waals surface area (Å²) in [5.74, 6) is -0.809. The van der Waals surface area contributed by atoms with E-state index in [1.807, 2.05) is 49.6 Å². The van der Waals surface area contributed by atoms with Gasteiger partial charge in [0.25, 0.3) is 5.91 Å². The second-order valence-corrected chi connectivity index (χ2v) is 5.09. The Labute approximate surface area is 127 Å². The quantitative estimate of drug-likeness (QED) is 0.671. The van der Waals surface area contributed by atoms with Crippen molar-refractivity contribution < 1.29 is 9.59 Å². The average Bonchev–Trinajstić information content (AvgIpc) is 2.83. The summed E-state index contributed by atoms with van der Waals surface area (Å²) in [4.78, 5) is 22.5. The minimum atomic E-state index is -0.990. The van der Waals surface area contributed by atoms with Crippen LogP contribution in [0.5, 0.6) is 0 Å². The fourth-order valence-electron chi connectivity index (χ4n) is 2.26. The van der Waals surface area contributed by atoms with Gasteiger partial charge in [-0.2, -0.15) is 5.26 Å². The van der Waals surface area contributed by atoms with Gasteiger partial charge in [-0.25, -0.2) is 4.79 Å². The van der Waals surface area contributed by atoms with Crippen molar-refractivity contribution in [3.63, 3.8) is 0 Å². The molecule has 6 nitrogen and oxygen atoms in total. The fraction of sp³-hybridized carbons (Fsp3) is 0.188. The Hall–Kier alpha value is -3.07. The molecule has 1 heterocycles. The predicted molar refractivity (Wildman–Crippen MR) is 83.6 cm³/mol.